The topological polar surface area (TPSA) is 67.4 Å². The van der Waals surface area contributed by atoms with Crippen LogP contribution in [-0.2, 0) is 4.74 Å². The third kappa shape index (κ3) is 5.18. The fourth-order valence-corrected chi connectivity index (χ4v) is 1.40. The molecule has 0 heterocycles. The first kappa shape index (κ1) is 15.3. The standard InChI is InChI=1S/C13H17ClN2O3/c1-8-5-6-9(7-10(8)14)11(17)15-16-12(18)19-13(2,3)4/h5-7H,1-4H3,(H,15,17)(H,16,18). The molecule has 0 aliphatic heterocycles. The molecule has 104 valence electrons. The molecule has 2 N–H and O–H groups in total. The highest BCUT2D eigenvalue weighted by Crippen LogP contribution is 2.16. The second-order valence-corrected chi connectivity index (χ2v) is 5.45. The first-order chi connectivity index (χ1) is 8.69. The SMILES string of the molecule is Cc1ccc(C(=O)NNC(=O)OC(C)(C)C)cc1Cl. The Morgan fingerprint density at radius 3 is 2.37 bits per heavy atom. The zero-order valence-corrected chi connectivity index (χ0v) is 12.1. The van der Waals surface area contributed by atoms with E-state index in [4.69, 9.17) is 16.3 Å². The van der Waals surface area contributed by atoms with Crippen LogP contribution in [0.5, 0.6) is 0 Å². The minimum absolute atomic E-state index is 0.353. The van der Waals surface area contributed by atoms with Crippen LogP contribution in [0.2, 0.25) is 5.02 Å². The van der Waals surface area contributed by atoms with Crippen molar-refractivity contribution >= 4 is 23.6 Å². The lowest BCUT2D eigenvalue weighted by atomic mass is 10.1. The van der Waals surface area contributed by atoms with Gasteiger partial charge >= 0.3 is 6.09 Å². The second kappa shape index (κ2) is 5.93. The van der Waals surface area contributed by atoms with Crippen molar-refractivity contribution in [1.29, 1.82) is 0 Å². The number of benzene rings is 1. The van der Waals surface area contributed by atoms with E-state index in [1.807, 2.05) is 6.92 Å². The third-order valence-corrected chi connectivity index (χ3v) is 2.52. The number of amides is 2. The van der Waals surface area contributed by atoms with E-state index < -0.39 is 17.6 Å². The van der Waals surface area contributed by atoms with E-state index in [-0.39, 0.29) is 0 Å². The first-order valence-electron chi connectivity index (χ1n) is 5.74. The molecule has 0 aliphatic rings. The van der Waals surface area contributed by atoms with Gasteiger partial charge in [0.15, 0.2) is 0 Å². The summed E-state index contributed by atoms with van der Waals surface area (Å²) >= 11 is 5.92. The summed E-state index contributed by atoms with van der Waals surface area (Å²) in [6, 6.07) is 4.88. The van der Waals surface area contributed by atoms with Gasteiger partial charge in [0, 0.05) is 10.6 Å². The molecule has 0 saturated carbocycles. The van der Waals surface area contributed by atoms with Gasteiger partial charge in [-0.05, 0) is 45.4 Å². The third-order valence-electron chi connectivity index (χ3n) is 2.11. The van der Waals surface area contributed by atoms with Gasteiger partial charge in [-0.1, -0.05) is 17.7 Å². The van der Waals surface area contributed by atoms with Crippen LogP contribution in [0.1, 0.15) is 36.7 Å². The highest BCUT2D eigenvalue weighted by atomic mass is 35.5. The fourth-order valence-electron chi connectivity index (χ4n) is 1.22. The van der Waals surface area contributed by atoms with Crippen molar-refractivity contribution in [2.75, 3.05) is 0 Å². The average molecular weight is 285 g/mol. The van der Waals surface area contributed by atoms with Crippen molar-refractivity contribution in [3.63, 3.8) is 0 Å². The summed E-state index contributed by atoms with van der Waals surface area (Å²) in [4.78, 5) is 23.1. The van der Waals surface area contributed by atoms with Crippen molar-refractivity contribution < 1.29 is 14.3 Å². The molecule has 1 aromatic carbocycles. The molecule has 1 rings (SSSR count). The number of hydrogen-bond acceptors (Lipinski definition) is 3. The summed E-state index contributed by atoms with van der Waals surface area (Å²) in [5.74, 6) is -0.465. The van der Waals surface area contributed by atoms with Crippen molar-refractivity contribution in [2.24, 2.45) is 0 Å². The van der Waals surface area contributed by atoms with Gasteiger partial charge in [0.2, 0.25) is 0 Å². The molecule has 19 heavy (non-hydrogen) atoms. The molecule has 0 aliphatic carbocycles. The molecule has 2 amide bonds. The van der Waals surface area contributed by atoms with Crippen LogP contribution >= 0.6 is 11.6 Å². The van der Waals surface area contributed by atoms with Crippen LogP contribution < -0.4 is 10.9 Å². The molecule has 0 spiro atoms. The largest absolute Gasteiger partial charge is 0.443 e. The summed E-state index contributed by atoms with van der Waals surface area (Å²) in [5, 5.41) is 0.491. The van der Waals surface area contributed by atoms with Crippen LogP contribution in [0, 0.1) is 6.92 Å². The Balaban J connectivity index is 2.56. The Bertz CT molecular complexity index is 495. The molecule has 0 saturated heterocycles. The van der Waals surface area contributed by atoms with Crippen molar-refractivity contribution in [3.05, 3.63) is 34.3 Å². The number of carbonyl (C=O) groups excluding carboxylic acids is 2. The normalized spacial score (nSPS) is 10.8. The number of nitrogens with one attached hydrogen (secondary N) is 2. The molecule has 1 aromatic rings. The number of hydrazine groups is 1. The molecule has 0 fully saturated rings. The van der Waals surface area contributed by atoms with Crippen molar-refractivity contribution in [3.8, 4) is 0 Å². The number of hydrogen-bond donors (Lipinski definition) is 2. The molecule has 0 atom stereocenters. The Labute approximate surface area is 117 Å². The predicted octanol–water partition coefficient (Wildman–Crippen LogP) is 2.82. The molecular formula is C13H17ClN2O3. The Hall–Kier alpha value is -1.75. The predicted molar refractivity (Wildman–Crippen MR) is 73.0 cm³/mol. The zero-order chi connectivity index (χ0) is 14.6. The van der Waals surface area contributed by atoms with Crippen LogP contribution in [-0.4, -0.2) is 17.6 Å². The van der Waals surface area contributed by atoms with Gasteiger partial charge in [-0.2, -0.15) is 0 Å². The van der Waals surface area contributed by atoms with Gasteiger partial charge in [-0.15, -0.1) is 0 Å². The van der Waals surface area contributed by atoms with Gasteiger partial charge < -0.3 is 4.74 Å². The number of ether oxygens (including phenoxy) is 1. The molecule has 0 radical (unpaired) electrons. The lowest BCUT2D eigenvalue weighted by molar-refractivity contribution is 0.0483. The Morgan fingerprint density at radius 1 is 1.21 bits per heavy atom. The Morgan fingerprint density at radius 2 is 1.84 bits per heavy atom. The number of aryl methyl sites for hydroxylation is 1. The average Bonchev–Trinajstić information content (AvgIpc) is 2.27. The van der Waals surface area contributed by atoms with E-state index in [9.17, 15) is 9.59 Å². The smallest absolute Gasteiger partial charge is 0.426 e. The van der Waals surface area contributed by atoms with E-state index >= 15 is 0 Å². The summed E-state index contributed by atoms with van der Waals surface area (Å²) in [5.41, 5.74) is 5.02. The second-order valence-electron chi connectivity index (χ2n) is 5.04. The number of halogens is 1. The first-order valence-corrected chi connectivity index (χ1v) is 6.12. The zero-order valence-electron chi connectivity index (χ0n) is 11.3. The monoisotopic (exact) mass is 284 g/mol. The van der Waals surface area contributed by atoms with Gasteiger partial charge in [0.05, 0.1) is 0 Å². The van der Waals surface area contributed by atoms with E-state index in [2.05, 4.69) is 10.9 Å². The van der Waals surface area contributed by atoms with Crippen molar-refractivity contribution in [2.45, 2.75) is 33.3 Å². The maximum absolute atomic E-state index is 11.7. The molecule has 0 aromatic heterocycles. The van der Waals surface area contributed by atoms with Gasteiger partial charge in [0.25, 0.3) is 5.91 Å². The summed E-state index contributed by atoms with van der Waals surface area (Å²) in [7, 11) is 0. The van der Waals surface area contributed by atoms with Gasteiger partial charge in [-0.3, -0.25) is 10.2 Å². The van der Waals surface area contributed by atoms with Gasteiger partial charge in [0.1, 0.15) is 5.60 Å². The van der Waals surface area contributed by atoms with Gasteiger partial charge in [-0.25, -0.2) is 10.2 Å². The van der Waals surface area contributed by atoms with Crippen LogP contribution in [0.3, 0.4) is 0 Å². The summed E-state index contributed by atoms with van der Waals surface area (Å²) < 4.78 is 4.98. The molecule has 6 heteroatoms. The van der Waals surface area contributed by atoms with E-state index in [0.717, 1.165) is 5.56 Å². The fraction of sp³-hybridized carbons (Fsp3) is 0.385. The van der Waals surface area contributed by atoms with Crippen LogP contribution in [0.15, 0.2) is 18.2 Å². The van der Waals surface area contributed by atoms with E-state index in [1.54, 1.807) is 32.9 Å². The molecule has 5 nitrogen and oxygen atoms in total. The maximum Gasteiger partial charge on any atom is 0.426 e. The summed E-state index contributed by atoms with van der Waals surface area (Å²) in [6.07, 6.45) is -0.723. The lowest BCUT2D eigenvalue weighted by Crippen LogP contribution is -2.44. The van der Waals surface area contributed by atoms with E-state index in [0.29, 0.717) is 10.6 Å². The number of rotatable bonds is 1. The van der Waals surface area contributed by atoms with Crippen LogP contribution in [0.25, 0.3) is 0 Å². The highest BCUT2D eigenvalue weighted by Gasteiger charge is 2.16. The molecule has 0 unspecified atom stereocenters. The molecular weight excluding hydrogens is 268 g/mol. The summed E-state index contributed by atoms with van der Waals surface area (Å²) in [6.45, 7) is 7.03. The number of carbonyl (C=O) groups is 2. The Kier molecular flexibility index (Phi) is 4.78. The maximum atomic E-state index is 11.7. The molecule has 0 bridgehead atoms. The highest BCUT2D eigenvalue weighted by molar-refractivity contribution is 6.31. The van der Waals surface area contributed by atoms with Crippen LogP contribution in [0.4, 0.5) is 4.79 Å². The minimum atomic E-state index is -0.723. The minimum Gasteiger partial charge on any atom is -0.443 e. The van der Waals surface area contributed by atoms with Crippen molar-refractivity contribution in [1.82, 2.24) is 10.9 Å². The van der Waals surface area contributed by atoms with E-state index in [1.165, 1.54) is 6.07 Å². The lowest BCUT2D eigenvalue weighted by Gasteiger charge is -2.19. The quantitative estimate of drug-likeness (QED) is 0.779.